The molecule has 3 aromatic heterocycles. The van der Waals surface area contributed by atoms with Crippen molar-refractivity contribution < 1.29 is 4.79 Å². The molecule has 5 aromatic rings. The number of imidazole rings is 1. The molecule has 1 amide bonds. The lowest BCUT2D eigenvalue weighted by atomic mass is 10.1. The molecule has 0 saturated heterocycles. The van der Waals surface area contributed by atoms with Gasteiger partial charge in [-0.2, -0.15) is 0 Å². The van der Waals surface area contributed by atoms with E-state index in [0.717, 1.165) is 31.5 Å². The van der Waals surface area contributed by atoms with Crippen molar-refractivity contribution in [1.82, 2.24) is 23.7 Å². The fourth-order valence-electron chi connectivity index (χ4n) is 4.26. The second kappa shape index (κ2) is 8.62. The zero-order valence-electron chi connectivity index (χ0n) is 19.8. The molecule has 0 aliphatic carbocycles. The molecule has 0 radical (unpaired) electrons. The minimum atomic E-state index is -0.593. The van der Waals surface area contributed by atoms with Crippen LogP contribution in [0.25, 0.3) is 21.4 Å². The number of fused-ring (bicyclic) bond motifs is 2. The molecule has 0 unspecified atom stereocenters. The van der Waals surface area contributed by atoms with E-state index in [1.807, 2.05) is 50.2 Å². The second-order valence-electron chi connectivity index (χ2n) is 8.65. The average Bonchev–Trinajstić information content (AvgIpc) is 3.43. The van der Waals surface area contributed by atoms with Crippen molar-refractivity contribution in [3.05, 3.63) is 86.3 Å². The highest BCUT2D eigenvalue weighted by atomic mass is 32.1. The fraction of sp³-hybridized carbons (Fsp3) is 0.240. The molecular formula is C25H24N6O3S. The Labute approximate surface area is 204 Å². The zero-order chi connectivity index (χ0) is 24.9. The summed E-state index contributed by atoms with van der Waals surface area (Å²) >= 11 is 1.42. The number of nitrogens with zero attached hydrogens (tertiary/aromatic N) is 6. The van der Waals surface area contributed by atoms with Crippen molar-refractivity contribution >= 4 is 43.8 Å². The number of anilines is 1. The average molecular weight is 489 g/mol. The number of rotatable bonds is 5. The molecule has 35 heavy (non-hydrogen) atoms. The molecule has 0 bridgehead atoms. The van der Waals surface area contributed by atoms with Crippen LogP contribution in [0.4, 0.5) is 5.13 Å². The summed E-state index contributed by atoms with van der Waals surface area (Å²) in [7, 11) is 3.22. The number of amides is 1. The molecule has 0 aliphatic rings. The highest BCUT2D eigenvalue weighted by molar-refractivity contribution is 7.22. The van der Waals surface area contributed by atoms with E-state index in [-0.39, 0.29) is 17.7 Å². The highest BCUT2D eigenvalue weighted by Crippen LogP contribution is 2.32. The van der Waals surface area contributed by atoms with Crippen molar-refractivity contribution in [3.8, 4) is 0 Å². The van der Waals surface area contributed by atoms with E-state index >= 15 is 0 Å². The van der Waals surface area contributed by atoms with E-state index in [2.05, 4.69) is 11.1 Å². The van der Waals surface area contributed by atoms with Gasteiger partial charge in [0.2, 0.25) is 5.91 Å². The molecular weight excluding hydrogens is 464 g/mol. The topological polar surface area (TPSA) is 95.0 Å². The predicted molar refractivity (Wildman–Crippen MR) is 137 cm³/mol. The Morgan fingerprint density at radius 1 is 1.09 bits per heavy atom. The summed E-state index contributed by atoms with van der Waals surface area (Å²) < 4.78 is 4.79. The maximum atomic E-state index is 13.7. The van der Waals surface area contributed by atoms with Gasteiger partial charge in [0.15, 0.2) is 16.3 Å². The molecule has 0 aliphatic heterocycles. The normalized spacial score (nSPS) is 11.4. The van der Waals surface area contributed by atoms with E-state index in [4.69, 9.17) is 4.98 Å². The van der Waals surface area contributed by atoms with E-state index in [9.17, 15) is 14.4 Å². The second-order valence-corrected chi connectivity index (χ2v) is 9.66. The van der Waals surface area contributed by atoms with Crippen molar-refractivity contribution in [3.63, 3.8) is 0 Å². The van der Waals surface area contributed by atoms with Crippen LogP contribution in [0.1, 0.15) is 16.7 Å². The number of thiazole rings is 1. The number of benzene rings is 2. The van der Waals surface area contributed by atoms with Crippen LogP contribution in [-0.4, -0.2) is 29.6 Å². The molecule has 2 aromatic carbocycles. The number of hydrogen-bond acceptors (Lipinski definition) is 6. The van der Waals surface area contributed by atoms with Gasteiger partial charge >= 0.3 is 5.69 Å². The Morgan fingerprint density at radius 3 is 2.57 bits per heavy atom. The number of aryl methyl sites for hydroxylation is 4. The van der Waals surface area contributed by atoms with Crippen LogP contribution in [-0.2, 0) is 32.0 Å². The van der Waals surface area contributed by atoms with Crippen LogP contribution in [0.2, 0.25) is 0 Å². The van der Waals surface area contributed by atoms with Gasteiger partial charge in [-0.15, -0.1) is 0 Å². The first-order chi connectivity index (χ1) is 16.7. The Balaban J connectivity index is 1.61. The first-order valence-corrected chi connectivity index (χ1v) is 11.9. The summed E-state index contributed by atoms with van der Waals surface area (Å²) in [5.74, 6) is -0.400. The van der Waals surface area contributed by atoms with Crippen LogP contribution in [0, 0.1) is 13.8 Å². The Kier molecular flexibility index (Phi) is 5.60. The molecule has 0 saturated carbocycles. The smallest absolute Gasteiger partial charge is 0.328 e. The minimum Gasteiger partial charge on any atom is -0.328 e. The van der Waals surface area contributed by atoms with Gasteiger partial charge in [0.05, 0.1) is 23.1 Å². The van der Waals surface area contributed by atoms with Gasteiger partial charge in [0.25, 0.3) is 5.56 Å². The highest BCUT2D eigenvalue weighted by Gasteiger charge is 2.24. The Morgan fingerprint density at radius 2 is 1.83 bits per heavy atom. The maximum absolute atomic E-state index is 13.7. The van der Waals surface area contributed by atoms with Crippen molar-refractivity contribution in [2.45, 2.75) is 26.9 Å². The standard InChI is InChI=1S/C25H24N6O3S/c1-15-10-16(2)20-18(11-15)35-24(27-20)30(12-17-8-6-5-7-9-17)19(32)13-31-23(33)21-22(26-14-28(21)3)29(4)25(31)34/h5-11,14H,12-13H2,1-4H3. The van der Waals surface area contributed by atoms with Gasteiger partial charge in [-0.25, -0.2) is 19.3 Å². The lowest BCUT2D eigenvalue weighted by Crippen LogP contribution is -2.44. The molecule has 0 spiro atoms. The Hall–Kier alpha value is -4.05. The molecule has 5 rings (SSSR count). The summed E-state index contributed by atoms with van der Waals surface area (Å²) in [5, 5.41) is 0.522. The van der Waals surface area contributed by atoms with Crippen molar-refractivity contribution in [2.24, 2.45) is 14.1 Å². The first kappa shape index (κ1) is 22.7. The van der Waals surface area contributed by atoms with E-state index < -0.39 is 23.7 Å². The van der Waals surface area contributed by atoms with E-state index in [0.29, 0.717) is 5.13 Å². The molecule has 0 fully saturated rings. The summed E-state index contributed by atoms with van der Waals surface area (Å²) in [4.78, 5) is 50.3. The first-order valence-electron chi connectivity index (χ1n) is 11.1. The number of carbonyl (C=O) groups excluding carboxylic acids is 1. The van der Waals surface area contributed by atoms with Gasteiger partial charge in [-0.3, -0.25) is 19.1 Å². The minimum absolute atomic E-state index is 0.264. The van der Waals surface area contributed by atoms with Gasteiger partial charge in [0, 0.05) is 14.1 Å². The number of carbonyl (C=O) groups is 1. The molecule has 10 heteroatoms. The predicted octanol–water partition coefficient (Wildman–Crippen LogP) is 2.89. The number of hydrogen-bond donors (Lipinski definition) is 0. The lowest BCUT2D eigenvalue weighted by molar-refractivity contribution is -0.119. The summed E-state index contributed by atoms with van der Waals surface area (Å²) in [5.41, 5.74) is 3.30. The SMILES string of the molecule is Cc1cc(C)c2nc(N(Cc3ccccc3)C(=O)Cn3c(=O)c4c(ncn4C)n(C)c3=O)sc2c1. The zero-order valence-corrected chi connectivity index (χ0v) is 20.7. The van der Waals surface area contributed by atoms with Crippen LogP contribution in [0.15, 0.2) is 58.4 Å². The Bertz CT molecular complexity index is 1710. The molecule has 9 nitrogen and oxygen atoms in total. The summed E-state index contributed by atoms with van der Waals surface area (Å²) in [6, 6.07) is 13.7. The van der Waals surface area contributed by atoms with Gasteiger partial charge in [0.1, 0.15) is 6.54 Å². The third-order valence-electron chi connectivity index (χ3n) is 6.03. The van der Waals surface area contributed by atoms with Gasteiger partial charge in [-0.05, 0) is 36.6 Å². The quantitative estimate of drug-likeness (QED) is 0.379. The fourth-order valence-corrected chi connectivity index (χ4v) is 5.42. The third-order valence-corrected chi connectivity index (χ3v) is 7.05. The third kappa shape index (κ3) is 3.95. The van der Waals surface area contributed by atoms with Crippen LogP contribution in [0.5, 0.6) is 0 Å². The van der Waals surface area contributed by atoms with Gasteiger partial charge in [-0.1, -0.05) is 47.7 Å². The maximum Gasteiger partial charge on any atom is 0.332 e. The van der Waals surface area contributed by atoms with Crippen molar-refractivity contribution in [2.75, 3.05) is 4.90 Å². The van der Waals surface area contributed by atoms with Crippen LogP contribution < -0.4 is 16.1 Å². The van der Waals surface area contributed by atoms with E-state index in [1.165, 1.54) is 22.2 Å². The summed E-state index contributed by atoms with van der Waals surface area (Å²) in [6.07, 6.45) is 1.48. The van der Waals surface area contributed by atoms with Crippen LogP contribution in [0.3, 0.4) is 0 Å². The van der Waals surface area contributed by atoms with Crippen LogP contribution >= 0.6 is 11.3 Å². The molecule has 178 valence electrons. The lowest BCUT2D eigenvalue weighted by Gasteiger charge is -2.20. The monoisotopic (exact) mass is 488 g/mol. The van der Waals surface area contributed by atoms with E-state index in [1.54, 1.807) is 23.6 Å². The molecule has 3 heterocycles. The molecule has 0 N–H and O–H groups in total. The van der Waals surface area contributed by atoms with Gasteiger partial charge < -0.3 is 4.57 Å². The van der Waals surface area contributed by atoms with Crippen molar-refractivity contribution in [1.29, 1.82) is 0 Å². The number of aromatic nitrogens is 5. The molecule has 0 atom stereocenters. The largest absolute Gasteiger partial charge is 0.332 e. The summed E-state index contributed by atoms with van der Waals surface area (Å²) in [6.45, 7) is 3.87.